The van der Waals surface area contributed by atoms with E-state index in [4.69, 9.17) is 9.47 Å². The highest BCUT2D eigenvalue weighted by molar-refractivity contribution is 9.10. The van der Waals surface area contributed by atoms with E-state index in [1.807, 2.05) is 17.0 Å². The van der Waals surface area contributed by atoms with Crippen molar-refractivity contribution < 1.29 is 19.4 Å². The standard InChI is InChI=1S/C22H26BrNO4/c1-27-19-13-17(14-20(28-2)21(19)23)22(26)24-11-9-16(10-12-24)4-3-15-5-7-18(25)8-6-15/h5-8,13-14,16,25H,3-4,9-12H2,1-2H3. The normalized spacial score (nSPS) is 14.8. The fourth-order valence-electron chi connectivity index (χ4n) is 3.63. The van der Waals surface area contributed by atoms with Crippen LogP contribution >= 0.6 is 15.9 Å². The molecule has 1 amide bonds. The molecule has 2 aromatic rings. The molecule has 0 aliphatic carbocycles. The SMILES string of the molecule is COc1cc(C(=O)N2CCC(CCc3ccc(O)cc3)CC2)cc(OC)c1Br. The Balaban J connectivity index is 1.57. The molecule has 0 atom stereocenters. The van der Waals surface area contributed by atoms with Crippen LogP contribution in [0.3, 0.4) is 0 Å². The number of nitrogens with zero attached hydrogens (tertiary/aromatic N) is 1. The van der Waals surface area contributed by atoms with Crippen molar-refractivity contribution in [3.63, 3.8) is 0 Å². The van der Waals surface area contributed by atoms with E-state index in [9.17, 15) is 9.90 Å². The summed E-state index contributed by atoms with van der Waals surface area (Å²) in [5.41, 5.74) is 1.82. The third kappa shape index (κ3) is 4.79. The van der Waals surface area contributed by atoms with Gasteiger partial charge in [0.15, 0.2) is 0 Å². The Morgan fingerprint density at radius 1 is 1.11 bits per heavy atom. The number of benzene rings is 2. The van der Waals surface area contributed by atoms with Crippen LogP contribution in [0.2, 0.25) is 0 Å². The molecule has 0 radical (unpaired) electrons. The second kappa shape index (κ2) is 9.32. The lowest BCUT2D eigenvalue weighted by molar-refractivity contribution is 0.0686. The number of amides is 1. The van der Waals surface area contributed by atoms with Crippen molar-refractivity contribution >= 4 is 21.8 Å². The van der Waals surface area contributed by atoms with Crippen molar-refractivity contribution in [3.05, 3.63) is 52.0 Å². The number of ether oxygens (including phenoxy) is 2. The molecule has 5 nitrogen and oxygen atoms in total. The van der Waals surface area contributed by atoms with Gasteiger partial charge >= 0.3 is 0 Å². The minimum absolute atomic E-state index is 0.0149. The summed E-state index contributed by atoms with van der Waals surface area (Å²) in [6.45, 7) is 1.53. The van der Waals surface area contributed by atoms with Gasteiger partial charge in [-0.3, -0.25) is 4.79 Å². The molecule has 1 heterocycles. The van der Waals surface area contributed by atoms with Crippen molar-refractivity contribution in [1.29, 1.82) is 0 Å². The average Bonchev–Trinajstić information content (AvgIpc) is 2.73. The minimum atomic E-state index is 0.0149. The fourth-order valence-corrected chi connectivity index (χ4v) is 4.19. The number of carbonyl (C=O) groups is 1. The molecule has 0 bridgehead atoms. The van der Waals surface area contributed by atoms with E-state index in [2.05, 4.69) is 15.9 Å². The maximum Gasteiger partial charge on any atom is 0.254 e. The lowest BCUT2D eigenvalue weighted by Gasteiger charge is -2.32. The number of phenolic OH excluding ortho intramolecular Hbond substituents is 1. The molecule has 6 heteroatoms. The number of hydrogen-bond acceptors (Lipinski definition) is 4. The van der Waals surface area contributed by atoms with Gasteiger partial charge in [0.1, 0.15) is 21.7 Å². The Morgan fingerprint density at radius 3 is 2.21 bits per heavy atom. The third-order valence-electron chi connectivity index (χ3n) is 5.37. The Kier molecular flexibility index (Phi) is 6.83. The molecule has 2 aromatic carbocycles. The topological polar surface area (TPSA) is 59.0 Å². The van der Waals surface area contributed by atoms with E-state index >= 15 is 0 Å². The van der Waals surface area contributed by atoms with Gasteiger partial charge in [-0.15, -0.1) is 0 Å². The largest absolute Gasteiger partial charge is 0.508 e. The van der Waals surface area contributed by atoms with Gasteiger partial charge in [0.05, 0.1) is 14.2 Å². The molecule has 1 saturated heterocycles. The molecule has 0 spiro atoms. The Labute approximate surface area is 174 Å². The molecule has 1 N–H and O–H groups in total. The number of piperidine rings is 1. The molecule has 0 saturated carbocycles. The zero-order chi connectivity index (χ0) is 20.1. The summed E-state index contributed by atoms with van der Waals surface area (Å²) in [5.74, 6) is 2.11. The van der Waals surface area contributed by atoms with E-state index in [0.29, 0.717) is 33.2 Å². The molecular weight excluding hydrogens is 422 g/mol. The molecule has 3 rings (SSSR count). The first kappa shape index (κ1) is 20.5. The molecule has 0 aromatic heterocycles. The predicted molar refractivity (Wildman–Crippen MR) is 112 cm³/mol. The zero-order valence-electron chi connectivity index (χ0n) is 16.3. The molecule has 150 valence electrons. The van der Waals surface area contributed by atoms with Gasteiger partial charge in [0.25, 0.3) is 5.91 Å². The van der Waals surface area contributed by atoms with Gasteiger partial charge in [0, 0.05) is 18.7 Å². The van der Waals surface area contributed by atoms with Gasteiger partial charge in [-0.1, -0.05) is 12.1 Å². The van der Waals surface area contributed by atoms with E-state index in [-0.39, 0.29) is 5.91 Å². The highest BCUT2D eigenvalue weighted by atomic mass is 79.9. The number of halogens is 1. The summed E-state index contributed by atoms with van der Waals surface area (Å²) in [5, 5.41) is 9.37. The molecule has 28 heavy (non-hydrogen) atoms. The molecule has 1 aliphatic heterocycles. The van der Waals surface area contributed by atoms with Gasteiger partial charge in [-0.2, -0.15) is 0 Å². The van der Waals surface area contributed by atoms with Crippen molar-refractivity contribution in [2.75, 3.05) is 27.3 Å². The first-order chi connectivity index (χ1) is 13.5. The number of carbonyl (C=O) groups excluding carboxylic acids is 1. The lowest BCUT2D eigenvalue weighted by atomic mass is 9.90. The number of hydrogen-bond donors (Lipinski definition) is 1. The summed E-state index contributed by atoms with van der Waals surface area (Å²) in [6.07, 6.45) is 4.12. The number of methoxy groups -OCH3 is 2. The summed E-state index contributed by atoms with van der Waals surface area (Å²) < 4.78 is 11.4. The van der Waals surface area contributed by atoms with E-state index in [1.165, 1.54) is 5.56 Å². The van der Waals surface area contributed by atoms with Gasteiger partial charge in [0.2, 0.25) is 0 Å². The van der Waals surface area contributed by atoms with E-state index < -0.39 is 0 Å². The van der Waals surface area contributed by atoms with Gasteiger partial charge in [-0.25, -0.2) is 0 Å². The summed E-state index contributed by atoms with van der Waals surface area (Å²) in [6, 6.07) is 10.9. The number of likely N-dealkylation sites (tertiary alicyclic amines) is 1. The Bertz CT molecular complexity index is 789. The Hall–Kier alpha value is -2.21. The monoisotopic (exact) mass is 447 g/mol. The molecule has 1 aliphatic rings. The van der Waals surface area contributed by atoms with Crippen LogP contribution in [-0.2, 0) is 6.42 Å². The van der Waals surface area contributed by atoms with Crippen LogP contribution in [-0.4, -0.2) is 43.2 Å². The van der Waals surface area contributed by atoms with Crippen LogP contribution in [0.5, 0.6) is 17.2 Å². The van der Waals surface area contributed by atoms with Crippen molar-refractivity contribution in [2.45, 2.75) is 25.7 Å². The fraction of sp³-hybridized carbons (Fsp3) is 0.409. The van der Waals surface area contributed by atoms with Gasteiger partial charge < -0.3 is 19.5 Å². The van der Waals surface area contributed by atoms with Crippen LogP contribution in [0, 0.1) is 5.92 Å². The second-order valence-electron chi connectivity index (χ2n) is 7.14. The van der Waals surface area contributed by atoms with Gasteiger partial charge in [-0.05, 0) is 77.4 Å². The maximum atomic E-state index is 12.9. The van der Waals surface area contributed by atoms with Crippen molar-refractivity contribution in [2.24, 2.45) is 5.92 Å². The third-order valence-corrected chi connectivity index (χ3v) is 6.15. The predicted octanol–water partition coefficient (Wildman–Crippen LogP) is 4.66. The first-order valence-electron chi connectivity index (χ1n) is 9.50. The van der Waals surface area contributed by atoms with Crippen LogP contribution in [0.4, 0.5) is 0 Å². The minimum Gasteiger partial charge on any atom is -0.508 e. The van der Waals surface area contributed by atoms with Crippen LogP contribution in [0.15, 0.2) is 40.9 Å². The van der Waals surface area contributed by atoms with Crippen LogP contribution in [0.1, 0.15) is 35.2 Å². The molecular formula is C22H26BrNO4. The molecule has 1 fully saturated rings. The quantitative estimate of drug-likeness (QED) is 0.699. The van der Waals surface area contributed by atoms with Crippen LogP contribution < -0.4 is 9.47 Å². The van der Waals surface area contributed by atoms with Crippen molar-refractivity contribution in [1.82, 2.24) is 4.90 Å². The number of aromatic hydroxyl groups is 1. The number of phenols is 1. The summed E-state index contributed by atoms with van der Waals surface area (Å²) >= 11 is 3.44. The number of aryl methyl sites for hydroxylation is 1. The lowest BCUT2D eigenvalue weighted by Crippen LogP contribution is -2.38. The molecule has 0 unspecified atom stereocenters. The highest BCUT2D eigenvalue weighted by Crippen LogP contribution is 2.36. The smallest absolute Gasteiger partial charge is 0.254 e. The van der Waals surface area contributed by atoms with Crippen molar-refractivity contribution in [3.8, 4) is 17.2 Å². The highest BCUT2D eigenvalue weighted by Gasteiger charge is 2.25. The van der Waals surface area contributed by atoms with E-state index in [0.717, 1.165) is 38.8 Å². The van der Waals surface area contributed by atoms with Crippen LogP contribution in [0.25, 0.3) is 0 Å². The van der Waals surface area contributed by atoms with E-state index in [1.54, 1.807) is 38.5 Å². The first-order valence-corrected chi connectivity index (χ1v) is 10.3. The zero-order valence-corrected chi connectivity index (χ0v) is 17.9. The Morgan fingerprint density at radius 2 is 1.68 bits per heavy atom. The number of rotatable bonds is 6. The summed E-state index contributed by atoms with van der Waals surface area (Å²) in [7, 11) is 3.15. The maximum absolute atomic E-state index is 12.9. The average molecular weight is 448 g/mol. The summed E-state index contributed by atoms with van der Waals surface area (Å²) in [4.78, 5) is 14.9. The second-order valence-corrected chi connectivity index (χ2v) is 7.93.